The van der Waals surface area contributed by atoms with Crippen molar-refractivity contribution in [3.63, 3.8) is 0 Å². The maximum absolute atomic E-state index is 11.2. The number of nitrogens with two attached hydrogens (primary N) is 1. The van der Waals surface area contributed by atoms with E-state index < -0.39 is 5.91 Å². The third-order valence-electron chi connectivity index (χ3n) is 3.35. The minimum atomic E-state index is -0.425. The summed E-state index contributed by atoms with van der Waals surface area (Å²) in [6, 6.07) is 17.2. The van der Waals surface area contributed by atoms with E-state index in [0.29, 0.717) is 12.1 Å². The second kappa shape index (κ2) is 5.63. The fourth-order valence-electron chi connectivity index (χ4n) is 2.29. The van der Waals surface area contributed by atoms with Gasteiger partial charge in [-0.25, -0.2) is 0 Å². The topological polar surface area (TPSA) is 68.0 Å². The van der Waals surface area contributed by atoms with Gasteiger partial charge in [-0.05, 0) is 29.8 Å². The minimum absolute atomic E-state index is 0.425. The lowest BCUT2D eigenvalue weighted by molar-refractivity contribution is 0.100. The van der Waals surface area contributed by atoms with Crippen molar-refractivity contribution in [1.29, 1.82) is 0 Å². The molecule has 0 bridgehead atoms. The molecule has 0 saturated heterocycles. The Kier molecular flexibility index (Phi) is 3.51. The molecule has 0 aliphatic carbocycles. The summed E-state index contributed by atoms with van der Waals surface area (Å²) in [6.45, 7) is 0.635. The van der Waals surface area contributed by atoms with E-state index in [1.807, 2.05) is 42.5 Å². The fraction of sp³-hybridized carbons (Fsp3) is 0.0588. The molecule has 0 radical (unpaired) electrons. The van der Waals surface area contributed by atoms with E-state index in [4.69, 9.17) is 5.73 Å². The Balaban J connectivity index is 1.84. The van der Waals surface area contributed by atoms with Crippen molar-refractivity contribution < 1.29 is 4.79 Å². The van der Waals surface area contributed by atoms with Crippen molar-refractivity contribution in [3.8, 4) is 0 Å². The molecule has 0 aliphatic heterocycles. The maximum atomic E-state index is 11.2. The second-order valence-electron chi connectivity index (χ2n) is 4.79. The Labute approximate surface area is 122 Å². The number of carbonyl (C=O) groups excluding carboxylic acids is 1. The second-order valence-corrected chi connectivity index (χ2v) is 4.79. The number of hydrogen-bond donors (Lipinski definition) is 2. The Bertz CT molecular complexity index is 793. The lowest BCUT2D eigenvalue weighted by Gasteiger charge is -2.09. The van der Waals surface area contributed by atoms with Gasteiger partial charge >= 0.3 is 0 Å². The summed E-state index contributed by atoms with van der Waals surface area (Å²) < 4.78 is 0. The Morgan fingerprint density at radius 2 is 1.90 bits per heavy atom. The number of anilines is 1. The molecule has 4 heteroatoms. The van der Waals surface area contributed by atoms with Gasteiger partial charge in [0.1, 0.15) is 0 Å². The highest BCUT2D eigenvalue weighted by Gasteiger charge is 2.03. The fourth-order valence-corrected chi connectivity index (χ4v) is 2.29. The Morgan fingerprint density at radius 1 is 1.10 bits per heavy atom. The van der Waals surface area contributed by atoms with Crippen LogP contribution in [0.25, 0.3) is 10.9 Å². The number of benzene rings is 2. The number of nitrogens with zero attached hydrogens (tertiary/aromatic N) is 1. The van der Waals surface area contributed by atoms with E-state index in [9.17, 15) is 4.79 Å². The normalized spacial score (nSPS) is 10.5. The number of para-hydroxylation sites is 1. The third kappa shape index (κ3) is 2.84. The number of hydrogen-bond acceptors (Lipinski definition) is 3. The summed E-state index contributed by atoms with van der Waals surface area (Å²) in [5, 5.41) is 4.41. The van der Waals surface area contributed by atoms with E-state index in [1.165, 1.54) is 0 Å². The molecule has 0 saturated carbocycles. The van der Waals surface area contributed by atoms with Crippen molar-refractivity contribution in [2.45, 2.75) is 6.54 Å². The molecule has 1 amide bonds. The van der Waals surface area contributed by atoms with Crippen LogP contribution in [0.1, 0.15) is 15.9 Å². The molecule has 2 aromatic carbocycles. The van der Waals surface area contributed by atoms with Gasteiger partial charge in [0.25, 0.3) is 0 Å². The molecule has 0 fully saturated rings. The molecule has 104 valence electrons. The standard InChI is InChI=1S/C17H15N3O/c18-17(21)13-5-2-8-15(10-13)20-11-14-6-1-4-12-7-3-9-19-16(12)14/h1-10,20H,11H2,(H2,18,21). The van der Waals surface area contributed by atoms with E-state index in [0.717, 1.165) is 22.2 Å². The van der Waals surface area contributed by atoms with Gasteiger partial charge in [-0.2, -0.15) is 0 Å². The highest BCUT2D eigenvalue weighted by atomic mass is 16.1. The molecule has 3 rings (SSSR count). The largest absolute Gasteiger partial charge is 0.381 e. The zero-order valence-electron chi connectivity index (χ0n) is 11.4. The van der Waals surface area contributed by atoms with Crippen molar-refractivity contribution in [1.82, 2.24) is 4.98 Å². The van der Waals surface area contributed by atoms with E-state index in [-0.39, 0.29) is 0 Å². The third-order valence-corrected chi connectivity index (χ3v) is 3.35. The van der Waals surface area contributed by atoms with Gasteiger partial charge in [-0.3, -0.25) is 9.78 Å². The van der Waals surface area contributed by atoms with Crippen LogP contribution in [0.4, 0.5) is 5.69 Å². The van der Waals surface area contributed by atoms with Crippen LogP contribution in [0.15, 0.2) is 60.8 Å². The number of primary amides is 1. The van der Waals surface area contributed by atoms with Gasteiger partial charge < -0.3 is 11.1 Å². The number of carbonyl (C=O) groups is 1. The zero-order chi connectivity index (χ0) is 14.7. The number of amides is 1. The molecule has 21 heavy (non-hydrogen) atoms. The SMILES string of the molecule is NC(=O)c1cccc(NCc2cccc3cccnc23)c1. The molecule has 1 aromatic heterocycles. The van der Waals surface area contributed by atoms with E-state index >= 15 is 0 Å². The predicted octanol–water partition coefficient (Wildman–Crippen LogP) is 2.95. The summed E-state index contributed by atoms with van der Waals surface area (Å²) in [6.07, 6.45) is 1.79. The molecular weight excluding hydrogens is 262 g/mol. The van der Waals surface area contributed by atoms with Crippen LogP contribution in [-0.4, -0.2) is 10.9 Å². The van der Waals surface area contributed by atoms with Crippen LogP contribution in [0.2, 0.25) is 0 Å². The number of rotatable bonds is 4. The molecule has 0 aliphatic rings. The first-order chi connectivity index (χ1) is 10.2. The van der Waals surface area contributed by atoms with Gasteiger partial charge in [-0.1, -0.05) is 30.3 Å². The van der Waals surface area contributed by atoms with Gasteiger partial charge in [0.05, 0.1) is 5.52 Å². The number of fused-ring (bicyclic) bond motifs is 1. The summed E-state index contributed by atoms with van der Waals surface area (Å²) >= 11 is 0. The predicted molar refractivity (Wildman–Crippen MR) is 84.0 cm³/mol. The summed E-state index contributed by atoms with van der Waals surface area (Å²) in [4.78, 5) is 15.6. The van der Waals surface area contributed by atoms with Crippen molar-refractivity contribution in [2.75, 3.05) is 5.32 Å². The van der Waals surface area contributed by atoms with Crippen LogP contribution in [0, 0.1) is 0 Å². The zero-order valence-corrected chi connectivity index (χ0v) is 11.4. The van der Waals surface area contributed by atoms with Gasteiger partial charge in [0, 0.05) is 29.4 Å². The summed E-state index contributed by atoms with van der Waals surface area (Å²) in [7, 11) is 0. The van der Waals surface area contributed by atoms with Crippen LogP contribution in [0.3, 0.4) is 0 Å². The average Bonchev–Trinajstić information content (AvgIpc) is 2.53. The molecule has 0 spiro atoms. The van der Waals surface area contributed by atoms with Crippen LogP contribution < -0.4 is 11.1 Å². The van der Waals surface area contributed by atoms with Crippen molar-refractivity contribution in [3.05, 3.63) is 71.9 Å². The first kappa shape index (κ1) is 13.1. The monoisotopic (exact) mass is 277 g/mol. The van der Waals surface area contributed by atoms with Crippen LogP contribution in [-0.2, 0) is 6.54 Å². The molecule has 3 N–H and O–H groups in total. The van der Waals surface area contributed by atoms with Gasteiger partial charge in [-0.15, -0.1) is 0 Å². The van der Waals surface area contributed by atoms with E-state index in [2.05, 4.69) is 10.3 Å². The smallest absolute Gasteiger partial charge is 0.248 e. The average molecular weight is 277 g/mol. The highest BCUT2D eigenvalue weighted by molar-refractivity contribution is 5.93. The van der Waals surface area contributed by atoms with Crippen molar-refractivity contribution >= 4 is 22.5 Å². The number of aromatic nitrogens is 1. The molecule has 0 unspecified atom stereocenters. The summed E-state index contributed by atoms with van der Waals surface area (Å²) in [5.74, 6) is -0.425. The highest BCUT2D eigenvalue weighted by Crippen LogP contribution is 2.18. The maximum Gasteiger partial charge on any atom is 0.248 e. The summed E-state index contributed by atoms with van der Waals surface area (Å²) in [5.41, 5.74) is 8.74. The quantitative estimate of drug-likeness (QED) is 0.770. The number of pyridine rings is 1. The molecule has 4 nitrogen and oxygen atoms in total. The lowest BCUT2D eigenvalue weighted by Crippen LogP contribution is -2.11. The van der Waals surface area contributed by atoms with E-state index in [1.54, 1.807) is 18.3 Å². The first-order valence-corrected chi connectivity index (χ1v) is 6.70. The molecule has 3 aromatic rings. The molecule has 0 atom stereocenters. The Morgan fingerprint density at radius 3 is 2.76 bits per heavy atom. The van der Waals surface area contributed by atoms with Crippen LogP contribution in [0.5, 0.6) is 0 Å². The molecular formula is C17H15N3O. The lowest BCUT2D eigenvalue weighted by atomic mass is 10.1. The van der Waals surface area contributed by atoms with Crippen LogP contribution >= 0.6 is 0 Å². The first-order valence-electron chi connectivity index (χ1n) is 6.70. The number of nitrogens with one attached hydrogen (secondary N) is 1. The minimum Gasteiger partial charge on any atom is -0.381 e. The molecule has 1 heterocycles. The van der Waals surface area contributed by atoms with Crippen molar-refractivity contribution in [2.24, 2.45) is 5.73 Å². The Hall–Kier alpha value is -2.88. The van der Waals surface area contributed by atoms with Gasteiger partial charge in [0.2, 0.25) is 5.91 Å². The van der Waals surface area contributed by atoms with Gasteiger partial charge in [0.15, 0.2) is 0 Å².